The van der Waals surface area contributed by atoms with E-state index in [1.165, 1.54) is 4.57 Å². The fourth-order valence-corrected chi connectivity index (χ4v) is 4.35. The minimum Gasteiger partial charge on any atom is -0.394 e. The third kappa shape index (κ3) is 2.79. The van der Waals surface area contributed by atoms with Gasteiger partial charge < -0.3 is 14.9 Å². The molecule has 4 heterocycles. The first kappa shape index (κ1) is 18.4. The van der Waals surface area contributed by atoms with E-state index >= 15 is 0 Å². The Labute approximate surface area is 167 Å². The number of rotatable bonds is 3. The molecule has 4 aromatic rings. The van der Waals surface area contributed by atoms with Gasteiger partial charge >= 0.3 is 11.4 Å². The minimum absolute atomic E-state index is 0.165. The summed E-state index contributed by atoms with van der Waals surface area (Å²) in [5.74, 6) is 0. The Morgan fingerprint density at radius 1 is 1.31 bits per heavy atom. The Balaban J connectivity index is 1.77. The van der Waals surface area contributed by atoms with Crippen molar-refractivity contribution in [2.45, 2.75) is 29.8 Å². The number of hydrogen-bond donors (Lipinski definition) is 3. The van der Waals surface area contributed by atoms with Crippen LogP contribution in [0, 0.1) is 0 Å². The number of nitrogens with zero attached hydrogens (tertiary/aromatic N) is 3. The van der Waals surface area contributed by atoms with Crippen LogP contribution in [0.2, 0.25) is 0 Å². The van der Waals surface area contributed by atoms with Gasteiger partial charge in [-0.15, -0.1) is 11.8 Å². The molecule has 3 aromatic heterocycles. The summed E-state index contributed by atoms with van der Waals surface area (Å²) in [4.78, 5) is 33.0. The zero-order chi connectivity index (χ0) is 20.3. The second kappa shape index (κ2) is 6.70. The van der Waals surface area contributed by atoms with E-state index in [0.717, 1.165) is 15.8 Å². The van der Waals surface area contributed by atoms with Gasteiger partial charge in [-0.25, -0.2) is 9.59 Å². The number of aromatic amines is 1. The van der Waals surface area contributed by atoms with Gasteiger partial charge in [0.2, 0.25) is 0 Å². The number of hydrogen-bond acceptors (Lipinski definition) is 7. The van der Waals surface area contributed by atoms with Gasteiger partial charge in [0.15, 0.2) is 5.65 Å². The van der Waals surface area contributed by atoms with E-state index in [4.69, 9.17) is 4.74 Å². The van der Waals surface area contributed by atoms with Crippen molar-refractivity contribution in [3.63, 3.8) is 0 Å². The van der Waals surface area contributed by atoms with Crippen LogP contribution in [0.5, 0.6) is 0 Å². The Morgan fingerprint density at radius 3 is 2.86 bits per heavy atom. The lowest BCUT2D eigenvalue weighted by molar-refractivity contribution is -0.0457. The first-order valence-electron chi connectivity index (χ1n) is 9.09. The Hall–Kier alpha value is -2.66. The van der Waals surface area contributed by atoms with Crippen molar-refractivity contribution in [1.82, 2.24) is 18.9 Å². The van der Waals surface area contributed by atoms with Gasteiger partial charge in [-0.2, -0.15) is 4.98 Å². The van der Waals surface area contributed by atoms with Crippen molar-refractivity contribution in [2.75, 3.05) is 12.9 Å². The van der Waals surface area contributed by atoms with E-state index in [9.17, 15) is 19.8 Å². The van der Waals surface area contributed by atoms with Crippen molar-refractivity contribution >= 4 is 39.2 Å². The van der Waals surface area contributed by atoms with E-state index in [2.05, 4.69) is 9.97 Å². The summed E-state index contributed by atoms with van der Waals surface area (Å²) in [6, 6.07) is 7.74. The lowest BCUT2D eigenvalue weighted by Gasteiger charge is -2.15. The number of H-pyrrole nitrogens is 1. The first-order chi connectivity index (χ1) is 14.0. The highest BCUT2D eigenvalue weighted by Crippen LogP contribution is 2.30. The van der Waals surface area contributed by atoms with E-state index in [-0.39, 0.29) is 24.4 Å². The molecular weight excluding hydrogens is 396 g/mol. The third-order valence-electron chi connectivity index (χ3n) is 5.36. The molecule has 9 nitrogen and oxygen atoms in total. The van der Waals surface area contributed by atoms with E-state index < -0.39 is 24.1 Å². The molecule has 1 aliphatic heterocycles. The van der Waals surface area contributed by atoms with Crippen molar-refractivity contribution in [3.8, 4) is 0 Å². The second-order valence-electron chi connectivity index (χ2n) is 7.03. The molecule has 10 heteroatoms. The number of aliphatic hydroxyl groups excluding tert-OH is 2. The monoisotopic (exact) mass is 414 g/mol. The van der Waals surface area contributed by atoms with Crippen LogP contribution in [0.15, 0.2) is 44.9 Å². The molecular formula is C19H18N4O5S. The highest BCUT2D eigenvalue weighted by atomic mass is 32.2. The molecule has 5 rings (SSSR count). The maximum absolute atomic E-state index is 12.7. The molecule has 1 aromatic carbocycles. The quantitative estimate of drug-likeness (QED) is 0.425. The summed E-state index contributed by atoms with van der Waals surface area (Å²) in [5.41, 5.74) is 0.585. The van der Waals surface area contributed by atoms with E-state index in [0.29, 0.717) is 10.9 Å². The number of nitrogens with one attached hydrogen (secondary N) is 1. The van der Waals surface area contributed by atoms with Crippen molar-refractivity contribution in [3.05, 3.63) is 51.4 Å². The average Bonchev–Trinajstić information content (AvgIpc) is 3.27. The van der Waals surface area contributed by atoms with Crippen LogP contribution in [0.1, 0.15) is 12.6 Å². The van der Waals surface area contributed by atoms with Gasteiger partial charge in [-0.05, 0) is 30.5 Å². The normalized spacial score (nSPS) is 22.2. The Morgan fingerprint density at radius 2 is 2.14 bits per heavy atom. The molecule has 0 radical (unpaired) electrons. The van der Waals surface area contributed by atoms with Gasteiger partial charge in [-0.1, -0.05) is 0 Å². The standard InChI is InChI=1S/C19H18N4O5S/c1-29-10-2-3-12-9(4-10)5-13-11-7-22(16-6-14(25)15(8-24)28-16)18(26)20-17(11)21-19(27)23(12)13/h2-5,7,14-16,24-25H,6,8H2,1H3,(H,20,21,26,27)/t14-,15+,16+/m0/s1. The van der Waals surface area contributed by atoms with Crippen LogP contribution in [0.3, 0.4) is 0 Å². The number of aromatic nitrogens is 4. The summed E-state index contributed by atoms with van der Waals surface area (Å²) < 4.78 is 8.46. The first-order valence-corrected chi connectivity index (χ1v) is 10.3. The molecule has 3 atom stereocenters. The maximum Gasteiger partial charge on any atom is 0.351 e. The zero-order valence-electron chi connectivity index (χ0n) is 15.4. The largest absolute Gasteiger partial charge is 0.394 e. The fourth-order valence-electron chi connectivity index (χ4n) is 3.90. The Bertz CT molecular complexity index is 1370. The topological polar surface area (TPSA) is 122 Å². The van der Waals surface area contributed by atoms with Gasteiger partial charge in [-0.3, -0.25) is 14.0 Å². The lowest BCUT2D eigenvalue weighted by atomic mass is 10.2. The molecule has 0 amide bonds. The van der Waals surface area contributed by atoms with E-state index in [1.807, 2.05) is 30.5 Å². The number of fused-ring (bicyclic) bond motifs is 5. The van der Waals surface area contributed by atoms with Crippen LogP contribution in [0.4, 0.5) is 0 Å². The van der Waals surface area contributed by atoms with Crippen LogP contribution >= 0.6 is 11.8 Å². The summed E-state index contributed by atoms with van der Waals surface area (Å²) in [6.45, 7) is -0.340. The molecule has 1 aliphatic rings. The van der Waals surface area contributed by atoms with Gasteiger partial charge in [0, 0.05) is 22.9 Å². The van der Waals surface area contributed by atoms with Gasteiger partial charge in [0.25, 0.3) is 0 Å². The van der Waals surface area contributed by atoms with Crippen molar-refractivity contribution < 1.29 is 14.9 Å². The second-order valence-corrected chi connectivity index (χ2v) is 7.91. The van der Waals surface area contributed by atoms with Crippen molar-refractivity contribution in [2.24, 2.45) is 0 Å². The molecule has 0 bridgehead atoms. The molecule has 150 valence electrons. The highest BCUT2D eigenvalue weighted by molar-refractivity contribution is 7.98. The molecule has 0 unspecified atom stereocenters. The third-order valence-corrected chi connectivity index (χ3v) is 6.08. The molecule has 0 aliphatic carbocycles. The average molecular weight is 414 g/mol. The van der Waals surface area contributed by atoms with Crippen LogP contribution < -0.4 is 11.4 Å². The van der Waals surface area contributed by atoms with Gasteiger partial charge in [0.05, 0.1) is 29.1 Å². The summed E-state index contributed by atoms with van der Waals surface area (Å²) in [5, 5.41) is 20.8. The lowest BCUT2D eigenvalue weighted by Crippen LogP contribution is -2.29. The molecule has 0 spiro atoms. The molecule has 3 N–H and O–H groups in total. The van der Waals surface area contributed by atoms with Crippen LogP contribution in [-0.2, 0) is 4.74 Å². The smallest absolute Gasteiger partial charge is 0.351 e. The van der Waals surface area contributed by atoms with E-state index in [1.54, 1.807) is 22.4 Å². The number of ether oxygens (including phenoxy) is 1. The number of aliphatic hydroxyl groups is 2. The van der Waals surface area contributed by atoms with Crippen LogP contribution in [-0.4, -0.2) is 54.2 Å². The highest BCUT2D eigenvalue weighted by Gasteiger charge is 2.35. The minimum atomic E-state index is -0.871. The molecule has 0 saturated carbocycles. The predicted octanol–water partition coefficient (Wildman–Crippen LogP) is 0.853. The summed E-state index contributed by atoms with van der Waals surface area (Å²) in [6.07, 6.45) is 1.37. The summed E-state index contributed by atoms with van der Waals surface area (Å²) >= 11 is 1.61. The zero-order valence-corrected chi connectivity index (χ0v) is 16.2. The maximum atomic E-state index is 12.7. The fraction of sp³-hybridized carbons (Fsp3) is 0.316. The molecule has 1 saturated heterocycles. The van der Waals surface area contributed by atoms with Crippen LogP contribution in [0.25, 0.3) is 27.5 Å². The number of benzene rings is 1. The predicted molar refractivity (Wildman–Crippen MR) is 108 cm³/mol. The summed E-state index contributed by atoms with van der Waals surface area (Å²) in [7, 11) is 0. The number of thioether (sulfide) groups is 1. The Kier molecular flexibility index (Phi) is 4.24. The SMILES string of the molecule is CSc1ccc2c(c1)cc1c3cn([C@H]4C[C@H](O)[C@@H](CO)O4)c(=O)nc3[nH]c(=O)n21. The van der Waals surface area contributed by atoms with Gasteiger partial charge in [0.1, 0.15) is 12.3 Å². The van der Waals surface area contributed by atoms with Crippen molar-refractivity contribution in [1.29, 1.82) is 0 Å². The molecule has 1 fully saturated rings. The molecule has 29 heavy (non-hydrogen) atoms.